The second kappa shape index (κ2) is 13.9. The van der Waals surface area contributed by atoms with Crippen molar-refractivity contribution in [1.82, 2.24) is 15.5 Å². The highest BCUT2D eigenvalue weighted by molar-refractivity contribution is 5.84. The number of carbonyl (C=O) groups is 3. The minimum Gasteiger partial charge on any atom is -0.449 e. The van der Waals surface area contributed by atoms with Crippen LogP contribution in [0.1, 0.15) is 70.8 Å². The Labute approximate surface area is 219 Å². The van der Waals surface area contributed by atoms with Crippen molar-refractivity contribution in [1.29, 1.82) is 5.26 Å². The van der Waals surface area contributed by atoms with Crippen LogP contribution >= 0.6 is 0 Å². The molecule has 1 aromatic carbocycles. The van der Waals surface area contributed by atoms with Crippen molar-refractivity contribution in [2.24, 2.45) is 11.8 Å². The van der Waals surface area contributed by atoms with Crippen molar-refractivity contribution in [2.75, 3.05) is 19.7 Å². The molecular formula is C28H40N4O5. The second-order valence-electron chi connectivity index (χ2n) is 10.6. The van der Waals surface area contributed by atoms with Crippen LogP contribution in [0, 0.1) is 23.2 Å². The fourth-order valence-corrected chi connectivity index (χ4v) is 4.86. The molecular weight excluding hydrogens is 472 g/mol. The summed E-state index contributed by atoms with van der Waals surface area (Å²) in [7, 11) is 0. The largest absolute Gasteiger partial charge is 0.449 e. The Morgan fingerprint density at radius 2 is 1.78 bits per heavy atom. The molecule has 9 nitrogen and oxygen atoms in total. The van der Waals surface area contributed by atoms with Crippen LogP contribution in [-0.4, -0.2) is 54.3 Å². The number of hydrogen-bond acceptors (Lipinski definition) is 6. The first-order valence-corrected chi connectivity index (χ1v) is 13.4. The van der Waals surface area contributed by atoms with Crippen molar-refractivity contribution in [3.63, 3.8) is 0 Å². The first-order chi connectivity index (χ1) is 17.8. The van der Waals surface area contributed by atoms with E-state index < -0.39 is 23.6 Å². The van der Waals surface area contributed by atoms with Crippen molar-refractivity contribution < 1.29 is 23.9 Å². The summed E-state index contributed by atoms with van der Waals surface area (Å²) in [6.45, 7) is 5.21. The van der Waals surface area contributed by atoms with Gasteiger partial charge in [0.05, 0.1) is 12.7 Å². The highest BCUT2D eigenvalue weighted by Crippen LogP contribution is 2.26. The number of rotatable bonds is 9. The van der Waals surface area contributed by atoms with Crippen molar-refractivity contribution in [2.45, 2.75) is 83.4 Å². The fraction of sp³-hybridized carbons (Fsp3) is 0.643. The van der Waals surface area contributed by atoms with E-state index in [0.29, 0.717) is 32.0 Å². The van der Waals surface area contributed by atoms with E-state index >= 15 is 0 Å². The molecule has 1 aromatic rings. The smallest absolute Gasteiger partial charge is 0.409 e. The zero-order chi connectivity index (χ0) is 26.7. The number of piperidine rings is 1. The van der Waals surface area contributed by atoms with Crippen molar-refractivity contribution >= 4 is 18.1 Å². The molecule has 2 aliphatic rings. The quantitative estimate of drug-likeness (QED) is 0.502. The van der Waals surface area contributed by atoms with Gasteiger partial charge in [-0.2, -0.15) is 5.26 Å². The van der Waals surface area contributed by atoms with Gasteiger partial charge in [-0.05, 0) is 36.7 Å². The number of nitrogens with one attached hydrogen (secondary N) is 2. The van der Waals surface area contributed by atoms with Gasteiger partial charge >= 0.3 is 12.2 Å². The van der Waals surface area contributed by atoms with Crippen LogP contribution in [0.15, 0.2) is 30.3 Å². The highest BCUT2D eigenvalue weighted by Gasteiger charge is 2.40. The van der Waals surface area contributed by atoms with E-state index in [-0.39, 0.29) is 31.4 Å². The summed E-state index contributed by atoms with van der Waals surface area (Å²) in [5.74, 6) is 0.0256. The van der Waals surface area contributed by atoms with Gasteiger partial charge in [-0.3, -0.25) is 4.79 Å². The summed E-state index contributed by atoms with van der Waals surface area (Å²) >= 11 is 0. The number of likely N-dealkylation sites (tertiary alicyclic amines) is 1. The Morgan fingerprint density at radius 3 is 2.41 bits per heavy atom. The molecule has 1 aliphatic heterocycles. The Bertz CT molecular complexity index is 932. The minimum absolute atomic E-state index is 0.0940. The lowest BCUT2D eigenvalue weighted by molar-refractivity contribution is -0.132. The molecule has 3 amide bonds. The third-order valence-electron chi connectivity index (χ3n) is 7.13. The molecule has 0 radical (unpaired) electrons. The van der Waals surface area contributed by atoms with E-state index in [2.05, 4.69) is 16.7 Å². The van der Waals surface area contributed by atoms with Gasteiger partial charge in [0.2, 0.25) is 0 Å². The van der Waals surface area contributed by atoms with E-state index in [1.54, 1.807) is 4.90 Å². The third-order valence-corrected chi connectivity index (χ3v) is 7.13. The molecule has 1 heterocycles. The highest BCUT2D eigenvalue weighted by atomic mass is 16.6. The van der Waals surface area contributed by atoms with E-state index in [1.807, 2.05) is 44.2 Å². The summed E-state index contributed by atoms with van der Waals surface area (Å²) in [5, 5.41) is 15.4. The molecule has 0 spiro atoms. The Balaban J connectivity index is 1.50. The topological polar surface area (TPSA) is 121 Å². The van der Waals surface area contributed by atoms with Crippen LogP contribution in [0.5, 0.6) is 0 Å². The number of hydrogen-bond donors (Lipinski definition) is 2. The number of carbonyl (C=O) groups excluding carboxylic acids is 3. The number of nitrogens with zero attached hydrogens (tertiary/aromatic N) is 2. The maximum Gasteiger partial charge on any atom is 0.409 e. The van der Waals surface area contributed by atoms with Gasteiger partial charge < -0.3 is 25.0 Å². The van der Waals surface area contributed by atoms with Gasteiger partial charge in [0.1, 0.15) is 5.54 Å². The number of amides is 3. The van der Waals surface area contributed by atoms with Gasteiger partial charge in [0.25, 0.3) is 5.91 Å². The van der Waals surface area contributed by atoms with Crippen LogP contribution in [0.2, 0.25) is 0 Å². The first kappa shape index (κ1) is 28.3. The number of nitriles is 1. The fourth-order valence-electron chi connectivity index (χ4n) is 4.86. The molecule has 2 N–H and O–H groups in total. The Morgan fingerprint density at radius 1 is 1.11 bits per heavy atom. The SMILES string of the molecule is CC(C)C[C@H](OC(=O)NCc1ccccc1)C(=O)NC1(C#N)CCN(C(=O)OCC2CCCCC2)CC1. The van der Waals surface area contributed by atoms with Gasteiger partial charge in [0.15, 0.2) is 6.10 Å². The monoisotopic (exact) mass is 512 g/mol. The standard InChI is InChI=1S/C28H40N4O5/c1-21(2)17-24(37-26(34)30-18-22-9-5-3-6-10-22)25(33)31-28(20-29)13-15-32(16-14-28)27(35)36-19-23-11-7-4-8-12-23/h3,5-6,9-10,21,23-24H,4,7-8,11-19H2,1-2H3,(H,30,34)(H,31,33)/t24-/m0/s1. The van der Waals surface area contributed by atoms with Crippen LogP contribution in [0.4, 0.5) is 9.59 Å². The van der Waals surface area contributed by atoms with E-state index in [4.69, 9.17) is 9.47 Å². The maximum absolute atomic E-state index is 13.1. The Hall–Kier alpha value is -3.28. The molecule has 9 heteroatoms. The first-order valence-electron chi connectivity index (χ1n) is 13.4. The normalized spacial score (nSPS) is 18.4. The van der Waals surface area contributed by atoms with Crippen LogP contribution in [-0.2, 0) is 20.8 Å². The number of alkyl carbamates (subject to hydrolysis) is 1. The summed E-state index contributed by atoms with van der Waals surface area (Å²) in [4.78, 5) is 39.7. The van der Waals surface area contributed by atoms with Gasteiger partial charge in [-0.15, -0.1) is 0 Å². The van der Waals surface area contributed by atoms with Crippen molar-refractivity contribution in [3.8, 4) is 6.07 Å². The zero-order valence-corrected chi connectivity index (χ0v) is 22.0. The summed E-state index contributed by atoms with van der Waals surface area (Å²) in [5.41, 5.74) is -0.215. The molecule has 1 saturated carbocycles. The molecule has 0 aromatic heterocycles. The molecule has 3 rings (SSSR count). The molecule has 202 valence electrons. The van der Waals surface area contributed by atoms with Gasteiger partial charge in [-0.25, -0.2) is 9.59 Å². The van der Waals surface area contributed by atoms with Crippen LogP contribution in [0.3, 0.4) is 0 Å². The predicted octanol–water partition coefficient (Wildman–Crippen LogP) is 4.52. The minimum atomic E-state index is -1.13. The molecule has 2 fully saturated rings. The van der Waals surface area contributed by atoms with Gasteiger partial charge in [0, 0.05) is 32.5 Å². The molecule has 1 aliphatic carbocycles. The third kappa shape index (κ3) is 8.96. The molecule has 1 saturated heterocycles. The number of benzene rings is 1. The Kier molecular flexibility index (Phi) is 10.6. The van der Waals surface area contributed by atoms with Crippen LogP contribution in [0.25, 0.3) is 0 Å². The van der Waals surface area contributed by atoms with E-state index in [9.17, 15) is 19.6 Å². The molecule has 1 atom stereocenters. The average Bonchev–Trinajstić information content (AvgIpc) is 2.91. The lowest BCUT2D eigenvalue weighted by Crippen LogP contribution is -2.58. The molecule has 37 heavy (non-hydrogen) atoms. The molecule has 0 bridgehead atoms. The molecule has 0 unspecified atom stereocenters. The summed E-state index contributed by atoms with van der Waals surface area (Å²) in [6.07, 6.45) is 4.63. The lowest BCUT2D eigenvalue weighted by atomic mass is 9.88. The maximum atomic E-state index is 13.1. The van der Waals surface area contributed by atoms with Crippen molar-refractivity contribution in [3.05, 3.63) is 35.9 Å². The number of ether oxygens (including phenoxy) is 2. The summed E-state index contributed by atoms with van der Waals surface area (Å²) in [6, 6.07) is 11.6. The lowest BCUT2D eigenvalue weighted by Gasteiger charge is -2.38. The zero-order valence-electron chi connectivity index (χ0n) is 22.0. The average molecular weight is 513 g/mol. The van der Waals surface area contributed by atoms with Crippen LogP contribution < -0.4 is 10.6 Å². The predicted molar refractivity (Wildman–Crippen MR) is 138 cm³/mol. The second-order valence-corrected chi connectivity index (χ2v) is 10.6. The van der Waals surface area contributed by atoms with Gasteiger partial charge in [-0.1, -0.05) is 63.4 Å². The summed E-state index contributed by atoms with van der Waals surface area (Å²) < 4.78 is 11.0. The van der Waals surface area contributed by atoms with E-state index in [1.165, 1.54) is 19.3 Å². The van der Waals surface area contributed by atoms with E-state index in [0.717, 1.165) is 18.4 Å².